The van der Waals surface area contributed by atoms with Crippen LogP contribution in [-0.2, 0) is 20.7 Å². The highest BCUT2D eigenvalue weighted by Gasteiger charge is 2.25. The minimum atomic E-state index is -0.121. The Labute approximate surface area is 125 Å². The number of para-hydroxylation sites is 1. The molecule has 0 radical (unpaired) electrons. The number of anilines is 1. The highest BCUT2D eigenvalue weighted by molar-refractivity contribution is 5.96. The van der Waals surface area contributed by atoms with Crippen LogP contribution in [0.5, 0.6) is 0 Å². The molecule has 1 atom stereocenters. The molecular weight excluding hydrogens is 268 g/mol. The lowest BCUT2D eigenvalue weighted by atomic mass is 9.89. The van der Waals surface area contributed by atoms with Crippen LogP contribution in [0.4, 0.5) is 5.69 Å². The molecule has 0 spiro atoms. The molecule has 21 heavy (non-hydrogen) atoms. The van der Waals surface area contributed by atoms with E-state index in [9.17, 15) is 9.59 Å². The van der Waals surface area contributed by atoms with Crippen molar-refractivity contribution < 1.29 is 14.3 Å². The molecule has 2 N–H and O–H groups in total. The summed E-state index contributed by atoms with van der Waals surface area (Å²) in [5.41, 5.74) is 2.03. The number of hydrogen-bond donors (Lipinski definition) is 2. The SMILES string of the molecule is COCCCNC(=O)CC[C@H]1Cc2ccccc2NC1=O. The maximum atomic E-state index is 12.0. The van der Waals surface area contributed by atoms with Gasteiger partial charge in [-0.3, -0.25) is 9.59 Å². The first-order chi connectivity index (χ1) is 10.2. The summed E-state index contributed by atoms with van der Waals surface area (Å²) in [6.45, 7) is 1.26. The molecule has 1 aliphatic heterocycles. The van der Waals surface area contributed by atoms with Crippen LogP contribution in [0.2, 0.25) is 0 Å². The van der Waals surface area contributed by atoms with E-state index in [1.165, 1.54) is 0 Å². The highest BCUT2D eigenvalue weighted by Crippen LogP contribution is 2.27. The van der Waals surface area contributed by atoms with Gasteiger partial charge in [-0.1, -0.05) is 18.2 Å². The second kappa shape index (κ2) is 7.78. The van der Waals surface area contributed by atoms with Crippen LogP contribution in [0.3, 0.4) is 0 Å². The standard InChI is InChI=1S/C16H22N2O3/c1-21-10-4-9-17-15(19)8-7-13-11-12-5-2-3-6-14(12)18-16(13)20/h2-3,5-6,13H,4,7-11H2,1H3,(H,17,19)(H,18,20)/t13-/m0/s1. The molecule has 0 saturated heterocycles. The number of rotatable bonds is 7. The molecule has 2 amide bonds. The van der Waals surface area contributed by atoms with E-state index in [-0.39, 0.29) is 17.7 Å². The van der Waals surface area contributed by atoms with Crippen molar-refractivity contribution in [3.63, 3.8) is 0 Å². The normalized spacial score (nSPS) is 17.0. The van der Waals surface area contributed by atoms with Crippen molar-refractivity contribution in [1.82, 2.24) is 5.32 Å². The average Bonchev–Trinajstić information content (AvgIpc) is 2.49. The quantitative estimate of drug-likeness (QED) is 0.752. The van der Waals surface area contributed by atoms with Gasteiger partial charge in [0.25, 0.3) is 0 Å². The number of fused-ring (bicyclic) bond motifs is 1. The van der Waals surface area contributed by atoms with Crippen LogP contribution in [0.15, 0.2) is 24.3 Å². The van der Waals surface area contributed by atoms with E-state index in [1.54, 1.807) is 7.11 Å². The van der Waals surface area contributed by atoms with Gasteiger partial charge < -0.3 is 15.4 Å². The molecule has 1 aromatic carbocycles. The van der Waals surface area contributed by atoms with Gasteiger partial charge in [0.15, 0.2) is 0 Å². The lowest BCUT2D eigenvalue weighted by molar-refractivity contribution is -0.122. The van der Waals surface area contributed by atoms with Gasteiger partial charge in [0.05, 0.1) is 0 Å². The van der Waals surface area contributed by atoms with Gasteiger partial charge in [0.1, 0.15) is 0 Å². The van der Waals surface area contributed by atoms with E-state index in [0.29, 0.717) is 32.4 Å². The largest absolute Gasteiger partial charge is 0.385 e. The molecule has 0 saturated carbocycles. The van der Waals surface area contributed by atoms with Gasteiger partial charge in [-0.25, -0.2) is 0 Å². The zero-order valence-corrected chi connectivity index (χ0v) is 12.4. The summed E-state index contributed by atoms with van der Waals surface area (Å²) in [6.07, 6.45) is 2.47. The zero-order valence-electron chi connectivity index (χ0n) is 12.4. The Morgan fingerprint density at radius 3 is 3.05 bits per heavy atom. The van der Waals surface area contributed by atoms with E-state index in [0.717, 1.165) is 17.7 Å². The molecule has 0 aromatic heterocycles. The second-order valence-electron chi connectivity index (χ2n) is 5.28. The van der Waals surface area contributed by atoms with Gasteiger partial charge in [-0.05, 0) is 30.9 Å². The third-order valence-corrected chi connectivity index (χ3v) is 3.68. The first kappa shape index (κ1) is 15.5. The van der Waals surface area contributed by atoms with Crippen LogP contribution in [-0.4, -0.2) is 32.1 Å². The smallest absolute Gasteiger partial charge is 0.227 e. The fourth-order valence-corrected chi connectivity index (χ4v) is 2.48. The summed E-state index contributed by atoms with van der Waals surface area (Å²) in [5.74, 6) is -0.108. The molecular formula is C16H22N2O3. The van der Waals surface area contributed by atoms with Gasteiger partial charge >= 0.3 is 0 Å². The summed E-state index contributed by atoms with van der Waals surface area (Å²) >= 11 is 0. The fraction of sp³-hybridized carbons (Fsp3) is 0.500. The number of ether oxygens (including phenoxy) is 1. The summed E-state index contributed by atoms with van der Waals surface area (Å²) in [4.78, 5) is 23.7. The minimum absolute atomic E-state index is 0.00207. The minimum Gasteiger partial charge on any atom is -0.385 e. The Kier molecular flexibility index (Phi) is 5.75. The molecule has 1 aromatic rings. The van der Waals surface area contributed by atoms with Gasteiger partial charge in [-0.15, -0.1) is 0 Å². The van der Waals surface area contributed by atoms with Crippen LogP contribution in [0.25, 0.3) is 0 Å². The first-order valence-electron chi connectivity index (χ1n) is 7.35. The van der Waals surface area contributed by atoms with Crippen molar-refractivity contribution in [2.75, 3.05) is 25.6 Å². The summed E-state index contributed by atoms with van der Waals surface area (Å²) in [5, 5.41) is 5.75. The highest BCUT2D eigenvalue weighted by atomic mass is 16.5. The number of methoxy groups -OCH3 is 1. The third kappa shape index (κ3) is 4.56. The van der Waals surface area contributed by atoms with Crippen molar-refractivity contribution in [2.45, 2.75) is 25.7 Å². The Hall–Kier alpha value is -1.88. The number of carbonyl (C=O) groups excluding carboxylic acids is 2. The molecule has 0 bridgehead atoms. The van der Waals surface area contributed by atoms with Crippen LogP contribution in [0.1, 0.15) is 24.8 Å². The van der Waals surface area contributed by atoms with E-state index < -0.39 is 0 Å². The van der Waals surface area contributed by atoms with Gasteiger partial charge in [-0.2, -0.15) is 0 Å². The fourth-order valence-electron chi connectivity index (χ4n) is 2.48. The lowest BCUT2D eigenvalue weighted by Crippen LogP contribution is -2.32. The zero-order chi connectivity index (χ0) is 15.1. The molecule has 114 valence electrons. The van der Waals surface area contributed by atoms with E-state index in [2.05, 4.69) is 10.6 Å². The van der Waals surface area contributed by atoms with Gasteiger partial charge in [0, 0.05) is 38.3 Å². The number of amides is 2. The predicted octanol–water partition coefficient (Wildman–Crippen LogP) is 1.73. The van der Waals surface area contributed by atoms with Crippen LogP contribution >= 0.6 is 0 Å². The molecule has 0 unspecified atom stereocenters. The molecule has 5 heteroatoms. The molecule has 5 nitrogen and oxygen atoms in total. The summed E-state index contributed by atoms with van der Waals surface area (Å²) in [7, 11) is 1.64. The summed E-state index contributed by atoms with van der Waals surface area (Å²) < 4.78 is 4.92. The lowest BCUT2D eigenvalue weighted by Gasteiger charge is -2.24. The molecule has 1 heterocycles. The topological polar surface area (TPSA) is 67.4 Å². The molecule has 0 fully saturated rings. The maximum absolute atomic E-state index is 12.0. The van der Waals surface area contributed by atoms with Crippen LogP contribution in [0, 0.1) is 5.92 Å². The number of nitrogens with one attached hydrogen (secondary N) is 2. The van der Waals surface area contributed by atoms with Crippen molar-refractivity contribution in [2.24, 2.45) is 5.92 Å². The van der Waals surface area contributed by atoms with Crippen LogP contribution < -0.4 is 10.6 Å². The molecule has 1 aliphatic rings. The summed E-state index contributed by atoms with van der Waals surface area (Å²) in [6, 6.07) is 7.81. The van der Waals surface area contributed by atoms with Crippen molar-refractivity contribution in [3.8, 4) is 0 Å². The van der Waals surface area contributed by atoms with E-state index in [1.807, 2.05) is 24.3 Å². The Bertz CT molecular complexity index is 502. The van der Waals surface area contributed by atoms with Gasteiger partial charge in [0.2, 0.25) is 11.8 Å². The van der Waals surface area contributed by atoms with E-state index in [4.69, 9.17) is 4.74 Å². The van der Waals surface area contributed by atoms with E-state index >= 15 is 0 Å². The number of hydrogen-bond acceptors (Lipinski definition) is 3. The van der Waals surface area contributed by atoms with Crippen molar-refractivity contribution in [1.29, 1.82) is 0 Å². The Balaban J connectivity index is 1.76. The predicted molar refractivity (Wildman–Crippen MR) is 81.0 cm³/mol. The number of benzene rings is 1. The maximum Gasteiger partial charge on any atom is 0.227 e. The second-order valence-corrected chi connectivity index (χ2v) is 5.28. The van der Waals surface area contributed by atoms with Crippen molar-refractivity contribution >= 4 is 17.5 Å². The third-order valence-electron chi connectivity index (χ3n) is 3.68. The van der Waals surface area contributed by atoms with Crippen molar-refractivity contribution in [3.05, 3.63) is 29.8 Å². The monoisotopic (exact) mass is 290 g/mol. The average molecular weight is 290 g/mol. The Morgan fingerprint density at radius 1 is 1.43 bits per heavy atom. The number of carbonyl (C=O) groups is 2. The molecule has 0 aliphatic carbocycles. The molecule has 2 rings (SSSR count). The Morgan fingerprint density at radius 2 is 2.24 bits per heavy atom. The first-order valence-corrected chi connectivity index (χ1v) is 7.35.